The number of carbonyl (C=O) groups excluding carboxylic acids is 1. The van der Waals surface area contributed by atoms with Gasteiger partial charge in [0.1, 0.15) is 5.82 Å². The number of carbonyl (C=O) groups is 1. The molecule has 2 saturated heterocycles. The number of nitrogens with zero attached hydrogens (tertiary/aromatic N) is 2. The molecular weight excluding hydrogens is 371 g/mol. The zero-order valence-corrected chi connectivity index (χ0v) is 15.1. The van der Waals surface area contributed by atoms with Crippen molar-refractivity contribution >= 4 is 25.8 Å². The monoisotopic (exact) mass is 390 g/mol. The second-order valence-electron chi connectivity index (χ2n) is 6.29. The largest absolute Gasteiger partial charge is 0.340 e. The molecule has 10 heteroatoms. The molecule has 7 nitrogen and oxygen atoms in total. The van der Waals surface area contributed by atoms with Gasteiger partial charge in [-0.25, -0.2) is 21.2 Å². The number of sulfonamides is 1. The van der Waals surface area contributed by atoms with Crippen LogP contribution >= 0.6 is 0 Å². The standard InChI is InChI=1S/C15H19FN2O5S2/c16-13-2-1-3-14(10-13)25(22,23)18-7-5-17(6-8-18)15(19)12-4-9-24(20,21)11-12/h1-3,10,12H,4-9,11H2/t12-/m0/s1. The third-order valence-electron chi connectivity index (χ3n) is 4.57. The van der Waals surface area contributed by atoms with Gasteiger partial charge < -0.3 is 4.90 Å². The summed E-state index contributed by atoms with van der Waals surface area (Å²) >= 11 is 0. The Morgan fingerprint density at radius 1 is 1.16 bits per heavy atom. The Bertz CT molecular complexity index is 877. The van der Waals surface area contributed by atoms with Gasteiger partial charge >= 0.3 is 0 Å². The molecule has 0 saturated carbocycles. The number of amides is 1. The molecule has 2 aliphatic rings. The Hall–Kier alpha value is -1.52. The fourth-order valence-corrected chi connectivity index (χ4v) is 6.36. The number of rotatable bonds is 3. The van der Waals surface area contributed by atoms with E-state index in [2.05, 4.69) is 0 Å². The molecule has 0 aromatic heterocycles. The first kappa shape index (κ1) is 18.3. The van der Waals surface area contributed by atoms with Crippen LogP contribution in [0.15, 0.2) is 29.2 Å². The lowest BCUT2D eigenvalue weighted by molar-refractivity contribution is -0.135. The predicted molar refractivity (Wildman–Crippen MR) is 88.5 cm³/mol. The minimum Gasteiger partial charge on any atom is -0.340 e. The van der Waals surface area contributed by atoms with Gasteiger partial charge in [-0.1, -0.05) is 6.07 Å². The summed E-state index contributed by atoms with van der Waals surface area (Å²) in [6.45, 7) is 0.599. The van der Waals surface area contributed by atoms with Crippen LogP contribution in [0.2, 0.25) is 0 Å². The summed E-state index contributed by atoms with van der Waals surface area (Å²) in [6, 6.07) is 4.81. The third-order valence-corrected chi connectivity index (χ3v) is 8.23. The molecular formula is C15H19FN2O5S2. The average molecular weight is 390 g/mol. The Balaban J connectivity index is 1.65. The predicted octanol–water partition coefficient (Wildman–Crippen LogP) is 0.0933. The van der Waals surface area contributed by atoms with E-state index in [0.717, 1.165) is 6.07 Å². The van der Waals surface area contributed by atoms with E-state index in [9.17, 15) is 26.0 Å². The highest BCUT2D eigenvalue weighted by Gasteiger charge is 2.37. The topological polar surface area (TPSA) is 91.8 Å². The second-order valence-corrected chi connectivity index (χ2v) is 10.5. The summed E-state index contributed by atoms with van der Waals surface area (Å²) in [5, 5.41) is 0. The molecule has 1 aromatic carbocycles. The van der Waals surface area contributed by atoms with Crippen molar-refractivity contribution in [2.45, 2.75) is 11.3 Å². The van der Waals surface area contributed by atoms with Gasteiger partial charge in [0.05, 0.1) is 22.3 Å². The molecule has 25 heavy (non-hydrogen) atoms. The molecule has 0 radical (unpaired) electrons. The molecule has 0 N–H and O–H groups in total. The maximum atomic E-state index is 13.3. The summed E-state index contributed by atoms with van der Waals surface area (Å²) in [5.41, 5.74) is 0. The molecule has 2 aliphatic heterocycles. The van der Waals surface area contributed by atoms with Crippen molar-refractivity contribution in [2.75, 3.05) is 37.7 Å². The van der Waals surface area contributed by atoms with Crippen LogP contribution in [0.25, 0.3) is 0 Å². The first-order valence-electron chi connectivity index (χ1n) is 7.94. The van der Waals surface area contributed by atoms with Crippen molar-refractivity contribution in [3.63, 3.8) is 0 Å². The van der Waals surface area contributed by atoms with Crippen LogP contribution in [0.1, 0.15) is 6.42 Å². The highest BCUT2D eigenvalue weighted by Crippen LogP contribution is 2.23. The highest BCUT2D eigenvalue weighted by molar-refractivity contribution is 7.91. The van der Waals surface area contributed by atoms with Crippen molar-refractivity contribution in [2.24, 2.45) is 5.92 Å². The van der Waals surface area contributed by atoms with Gasteiger partial charge in [-0.15, -0.1) is 0 Å². The number of sulfone groups is 1. The van der Waals surface area contributed by atoms with E-state index in [0.29, 0.717) is 6.42 Å². The van der Waals surface area contributed by atoms with Crippen LogP contribution in [-0.2, 0) is 24.7 Å². The first-order valence-corrected chi connectivity index (χ1v) is 11.2. The lowest BCUT2D eigenvalue weighted by Crippen LogP contribution is -2.52. The summed E-state index contributed by atoms with van der Waals surface area (Å²) in [5.74, 6) is -1.50. The SMILES string of the molecule is O=C([C@H]1CCS(=O)(=O)C1)N1CCN(S(=O)(=O)c2cccc(F)c2)CC1. The average Bonchev–Trinajstić information content (AvgIpc) is 2.94. The minimum absolute atomic E-state index is 0.0251. The Kier molecular flexibility index (Phi) is 4.86. The van der Waals surface area contributed by atoms with Crippen molar-refractivity contribution in [3.05, 3.63) is 30.1 Å². The van der Waals surface area contributed by atoms with Gasteiger partial charge in [0, 0.05) is 26.2 Å². The van der Waals surface area contributed by atoms with E-state index in [1.165, 1.54) is 27.4 Å². The van der Waals surface area contributed by atoms with E-state index in [1.807, 2.05) is 0 Å². The second kappa shape index (κ2) is 6.65. The molecule has 0 bridgehead atoms. The van der Waals surface area contributed by atoms with Crippen LogP contribution in [0.4, 0.5) is 4.39 Å². The van der Waals surface area contributed by atoms with E-state index in [-0.39, 0.29) is 48.5 Å². The van der Waals surface area contributed by atoms with Crippen LogP contribution in [0.3, 0.4) is 0 Å². The maximum Gasteiger partial charge on any atom is 0.243 e. The zero-order valence-electron chi connectivity index (χ0n) is 13.5. The molecule has 3 rings (SSSR count). The van der Waals surface area contributed by atoms with E-state index < -0.39 is 31.6 Å². The molecule has 1 aromatic rings. The number of benzene rings is 1. The molecule has 0 spiro atoms. The van der Waals surface area contributed by atoms with E-state index >= 15 is 0 Å². The van der Waals surface area contributed by atoms with Gasteiger partial charge in [0.15, 0.2) is 9.84 Å². The maximum absolute atomic E-state index is 13.3. The smallest absolute Gasteiger partial charge is 0.243 e. The lowest BCUT2D eigenvalue weighted by atomic mass is 10.1. The van der Waals surface area contributed by atoms with Crippen molar-refractivity contribution in [1.29, 1.82) is 0 Å². The third kappa shape index (κ3) is 3.85. The summed E-state index contributed by atoms with van der Waals surface area (Å²) in [7, 11) is -6.95. The molecule has 1 amide bonds. The summed E-state index contributed by atoms with van der Waals surface area (Å²) < 4.78 is 62.6. The molecule has 2 heterocycles. The van der Waals surface area contributed by atoms with Crippen molar-refractivity contribution in [1.82, 2.24) is 9.21 Å². The van der Waals surface area contributed by atoms with Gasteiger partial charge in [-0.3, -0.25) is 4.79 Å². The normalized spacial score (nSPS) is 24.4. The van der Waals surface area contributed by atoms with E-state index in [1.54, 1.807) is 0 Å². The van der Waals surface area contributed by atoms with Crippen LogP contribution in [0.5, 0.6) is 0 Å². The first-order chi connectivity index (χ1) is 11.7. The number of halogens is 1. The molecule has 2 fully saturated rings. The minimum atomic E-state index is -3.81. The fraction of sp³-hybridized carbons (Fsp3) is 0.533. The van der Waals surface area contributed by atoms with Gasteiger partial charge in [-0.05, 0) is 24.6 Å². The van der Waals surface area contributed by atoms with Crippen molar-refractivity contribution < 1.29 is 26.0 Å². The summed E-state index contributed by atoms with van der Waals surface area (Å²) in [4.78, 5) is 13.8. The van der Waals surface area contributed by atoms with Crippen LogP contribution < -0.4 is 0 Å². The molecule has 0 aliphatic carbocycles. The zero-order chi connectivity index (χ0) is 18.2. The van der Waals surface area contributed by atoms with E-state index in [4.69, 9.17) is 0 Å². The van der Waals surface area contributed by atoms with Crippen LogP contribution in [0, 0.1) is 11.7 Å². The Morgan fingerprint density at radius 2 is 1.84 bits per heavy atom. The highest BCUT2D eigenvalue weighted by atomic mass is 32.2. The van der Waals surface area contributed by atoms with Gasteiger partial charge in [0.2, 0.25) is 15.9 Å². The molecule has 138 valence electrons. The number of hydrogen-bond donors (Lipinski definition) is 0. The number of piperazine rings is 1. The van der Waals surface area contributed by atoms with Gasteiger partial charge in [-0.2, -0.15) is 4.31 Å². The fourth-order valence-electron chi connectivity index (χ4n) is 3.17. The Morgan fingerprint density at radius 3 is 2.40 bits per heavy atom. The Labute approximate surface area is 146 Å². The number of hydrogen-bond acceptors (Lipinski definition) is 5. The molecule has 0 unspecified atom stereocenters. The van der Waals surface area contributed by atoms with Gasteiger partial charge in [0.25, 0.3) is 0 Å². The molecule has 1 atom stereocenters. The quantitative estimate of drug-likeness (QED) is 0.730. The van der Waals surface area contributed by atoms with Crippen molar-refractivity contribution in [3.8, 4) is 0 Å². The summed E-state index contributed by atoms with van der Waals surface area (Å²) in [6.07, 6.45) is 0.322. The lowest BCUT2D eigenvalue weighted by Gasteiger charge is -2.35. The van der Waals surface area contributed by atoms with Crippen LogP contribution in [-0.4, -0.2) is 69.6 Å².